The Bertz CT molecular complexity index is 1190. The predicted molar refractivity (Wildman–Crippen MR) is 129 cm³/mol. The number of hydrogen-bond donors (Lipinski definition) is 1. The van der Waals surface area contributed by atoms with Gasteiger partial charge in [0.2, 0.25) is 0 Å². The standard InChI is InChI=1S/C27H28N2O4/c1-17-6-9-21(10-7-17)15-29-23-14-22(11-12-24(23)33-20(4)27(29)31)28-26(30)16-32-25-13-18(2)5-8-19(25)3/h5-14,20H,15-16H2,1-4H3,(H,28,30). The Morgan fingerprint density at radius 1 is 1.00 bits per heavy atom. The normalized spacial score (nSPS) is 15.0. The fraction of sp³-hybridized carbons (Fsp3) is 0.259. The summed E-state index contributed by atoms with van der Waals surface area (Å²) in [6.45, 7) is 8.00. The van der Waals surface area contributed by atoms with Crippen LogP contribution in [0.4, 0.5) is 11.4 Å². The van der Waals surface area contributed by atoms with E-state index in [1.54, 1.807) is 30.0 Å². The highest BCUT2D eigenvalue weighted by molar-refractivity contribution is 6.01. The zero-order valence-electron chi connectivity index (χ0n) is 19.3. The summed E-state index contributed by atoms with van der Waals surface area (Å²) in [4.78, 5) is 27.1. The van der Waals surface area contributed by atoms with Crippen LogP contribution in [0.1, 0.15) is 29.2 Å². The molecule has 0 aliphatic carbocycles. The van der Waals surface area contributed by atoms with Gasteiger partial charge in [-0.05, 0) is 68.7 Å². The molecule has 0 radical (unpaired) electrons. The maximum Gasteiger partial charge on any atom is 0.268 e. The minimum atomic E-state index is -0.575. The summed E-state index contributed by atoms with van der Waals surface area (Å²) in [5, 5.41) is 2.86. The van der Waals surface area contributed by atoms with E-state index in [4.69, 9.17) is 9.47 Å². The van der Waals surface area contributed by atoms with Gasteiger partial charge in [-0.15, -0.1) is 0 Å². The Labute approximate surface area is 194 Å². The van der Waals surface area contributed by atoms with Crippen molar-refractivity contribution in [2.45, 2.75) is 40.3 Å². The van der Waals surface area contributed by atoms with Crippen molar-refractivity contribution in [2.24, 2.45) is 0 Å². The molecule has 3 aromatic carbocycles. The lowest BCUT2D eigenvalue weighted by Gasteiger charge is -2.33. The lowest BCUT2D eigenvalue weighted by Crippen LogP contribution is -2.44. The van der Waals surface area contributed by atoms with Crippen LogP contribution in [-0.4, -0.2) is 24.5 Å². The van der Waals surface area contributed by atoms with Crippen LogP contribution in [-0.2, 0) is 16.1 Å². The Hall–Kier alpha value is -3.80. The SMILES string of the molecule is Cc1ccc(CN2C(=O)C(C)Oc3ccc(NC(=O)COc4cc(C)ccc4C)cc32)cc1. The van der Waals surface area contributed by atoms with E-state index in [-0.39, 0.29) is 18.4 Å². The molecule has 2 amide bonds. The summed E-state index contributed by atoms with van der Waals surface area (Å²) in [6, 6.07) is 19.3. The van der Waals surface area contributed by atoms with E-state index in [9.17, 15) is 9.59 Å². The highest BCUT2D eigenvalue weighted by Gasteiger charge is 2.31. The van der Waals surface area contributed by atoms with E-state index in [1.807, 2.05) is 63.2 Å². The van der Waals surface area contributed by atoms with Crippen molar-refractivity contribution >= 4 is 23.2 Å². The molecule has 3 aromatic rings. The predicted octanol–water partition coefficient (Wildman–Crippen LogP) is 4.94. The molecule has 0 saturated heterocycles. The summed E-state index contributed by atoms with van der Waals surface area (Å²) in [6.07, 6.45) is -0.575. The van der Waals surface area contributed by atoms with Gasteiger partial charge in [0.25, 0.3) is 11.8 Å². The molecule has 0 fully saturated rings. The number of nitrogens with one attached hydrogen (secondary N) is 1. The van der Waals surface area contributed by atoms with Crippen molar-refractivity contribution in [2.75, 3.05) is 16.8 Å². The lowest BCUT2D eigenvalue weighted by atomic mass is 10.1. The number of hydrogen-bond acceptors (Lipinski definition) is 4. The van der Waals surface area contributed by atoms with E-state index >= 15 is 0 Å². The quantitative estimate of drug-likeness (QED) is 0.585. The molecule has 1 N–H and O–H groups in total. The zero-order valence-corrected chi connectivity index (χ0v) is 19.3. The topological polar surface area (TPSA) is 67.9 Å². The number of carbonyl (C=O) groups is 2. The van der Waals surface area contributed by atoms with Gasteiger partial charge in [-0.25, -0.2) is 0 Å². The maximum absolute atomic E-state index is 12.9. The van der Waals surface area contributed by atoms with Crippen LogP contribution in [0.25, 0.3) is 0 Å². The summed E-state index contributed by atoms with van der Waals surface area (Å²) in [5.74, 6) is 0.897. The molecule has 1 aliphatic heterocycles. The van der Waals surface area contributed by atoms with Gasteiger partial charge in [-0.1, -0.05) is 42.0 Å². The van der Waals surface area contributed by atoms with Crippen LogP contribution in [0.2, 0.25) is 0 Å². The second-order valence-corrected chi connectivity index (χ2v) is 8.46. The molecule has 1 atom stereocenters. The highest BCUT2D eigenvalue weighted by atomic mass is 16.5. The molecule has 170 valence electrons. The van der Waals surface area contributed by atoms with Crippen molar-refractivity contribution < 1.29 is 19.1 Å². The Morgan fingerprint density at radius 3 is 2.48 bits per heavy atom. The number of fused-ring (bicyclic) bond motifs is 1. The molecule has 4 rings (SSSR count). The van der Waals surface area contributed by atoms with Crippen LogP contribution >= 0.6 is 0 Å². The van der Waals surface area contributed by atoms with Crippen molar-refractivity contribution in [3.63, 3.8) is 0 Å². The summed E-state index contributed by atoms with van der Waals surface area (Å²) in [7, 11) is 0. The first-order valence-corrected chi connectivity index (χ1v) is 11.0. The molecule has 6 nitrogen and oxygen atoms in total. The Kier molecular flexibility index (Phi) is 6.36. The molecular formula is C27H28N2O4. The third-order valence-electron chi connectivity index (χ3n) is 5.61. The monoisotopic (exact) mass is 444 g/mol. The van der Waals surface area contributed by atoms with E-state index in [1.165, 1.54) is 0 Å². The number of aryl methyl sites for hydroxylation is 3. The van der Waals surface area contributed by atoms with Crippen molar-refractivity contribution in [1.82, 2.24) is 0 Å². The molecule has 6 heteroatoms. The molecule has 33 heavy (non-hydrogen) atoms. The molecule has 0 aromatic heterocycles. The van der Waals surface area contributed by atoms with Crippen molar-refractivity contribution in [1.29, 1.82) is 0 Å². The van der Waals surface area contributed by atoms with Gasteiger partial charge >= 0.3 is 0 Å². The fourth-order valence-electron chi connectivity index (χ4n) is 3.73. The zero-order chi connectivity index (χ0) is 23.5. The van der Waals surface area contributed by atoms with E-state index < -0.39 is 6.10 Å². The third-order valence-corrected chi connectivity index (χ3v) is 5.61. The van der Waals surface area contributed by atoms with Gasteiger partial charge in [-0.3, -0.25) is 9.59 Å². The maximum atomic E-state index is 12.9. The van der Waals surface area contributed by atoms with E-state index in [0.29, 0.717) is 29.4 Å². The largest absolute Gasteiger partial charge is 0.483 e. The lowest BCUT2D eigenvalue weighted by molar-refractivity contribution is -0.125. The first-order valence-electron chi connectivity index (χ1n) is 11.0. The van der Waals surface area contributed by atoms with Gasteiger partial charge in [0, 0.05) is 5.69 Å². The molecule has 0 bridgehead atoms. The summed E-state index contributed by atoms with van der Waals surface area (Å²) < 4.78 is 11.5. The van der Waals surface area contributed by atoms with Crippen molar-refractivity contribution in [3.05, 3.63) is 82.9 Å². The Balaban J connectivity index is 1.50. The molecule has 1 aliphatic rings. The molecular weight excluding hydrogens is 416 g/mol. The third kappa shape index (κ3) is 5.17. The number of anilines is 2. The first-order chi connectivity index (χ1) is 15.8. The van der Waals surface area contributed by atoms with Crippen LogP contribution in [0.5, 0.6) is 11.5 Å². The number of benzene rings is 3. The average molecular weight is 445 g/mol. The van der Waals surface area contributed by atoms with Gasteiger partial charge in [-0.2, -0.15) is 0 Å². The molecule has 0 spiro atoms. The molecule has 1 heterocycles. The summed E-state index contributed by atoms with van der Waals surface area (Å²) in [5.41, 5.74) is 5.42. The van der Waals surface area contributed by atoms with Gasteiger partial charge in [0.05, 0.1) is 12.2 Å². The van der Waals surface area contributed by atoms with Gasteiger partial charge in [0.1, 0.15) is 11.5 Å². The van der Waals surface area contributed by atoms with E-state index in [0.717, 1.165) is 22.3 Å². The number of carbonyl (C=O) groups excluding carboxylic acids is 2. The van der Waals surface area contributed by atoms with Crippen LogP contribution in [0, 0.1) is 20.8 Å². The minimum Gasteiger partial charge on any atom is -0.483 e. The first kappa shape index (κ1) is 22.4. The fourth-order valence-corrected chi connectivity index (χ4v) is 3.73. The van der Waals surface area contributed by atoms with Crippen molar-refractivity contribution in [3.8, 4) is 11.5 Å². The number of nitrogens with zero attached hydrogens (tertiary/aromatic N) is 1. The molecule has 1 unspecified atom stereocenters. The second kappa shape index (κ2) is 9.36. The number of rotatable bonds is 6. The summed E-state index contributed by atoms with van der Waals surface area (Å²) >= 11 is 0. The smallest absolute Gasteiger partial charge is 0.268 e. The minimum absolute atomic E-state index is 0.110. The number of amides is 2. The molecule has 0 saturated carbocycles. The second-order valence-electron chi connectivity index (χ2n) is 8.46. The van der Waals surface area contributed by atoms with Gasteiger partial charge in [0.15, 0.2) is 12.7 Å². The van der Waals surface area contributed by atoms with Crippen LogP contribution < -0.4 is 19.7 Å². The number of ether oxygens (including phenoxy) is 2. The van der Waals surface area contributed by atoms with Crippen LogP contribution in [0.3, 0.4) is 0 Å². The highest BCUT2D eigenvalue weighted by Crippen LogP contribution is 2.37. The Morgan fingerprint density at radius 2 is 1.73 bits per heavy atom. The van der Waals surface area contributed by atoms with Gasteiger partial charge < -0.3 is 19.7 Å². The average Bonchev–Trinajstić information content (AvgIpc) is 2.79. The van der Waals surface area contributed by atoms with E-state index in [2.05, 4.69) is 5.32 Å². The van der Waals surface area contributed by atoms with Crippen LogP contribution in [0.15, 0.2) is 60.7 Å².